The summed E-state index contributed by atoms with van der Waals surface area (Å²) in [5.41, 5.74) is 3.27. The maximum atomic E-state index is 14.3. The Morgan fingerprint density at radius 3 is 2.52 bits per heavy atom. The predicted molar refractivity (Wildman–Crippen MR) is 180 cm³/mol. The third-order valence-corrected chi connectivity index (χ3v) is 10.1. The molecule has 48 heavy (non-hydrogen) atoms. The van der Waals surface area contributed by atoms with Gasteiger partial charge in [-0.05, 0) is 78.2 Å². The van der Waals surface area contributed by atoms with Crippen LogP contribution in [0.25, 0.3) is 22.0 Å². The second kappa shape index (κ2) is 12.8. The van der Waals surface area contributed by atoms with Crippen molar-refractivity contribution in [3.8, 4) is 11.1 Å². The zero-order chi connectivity index (χ0) is 33.6. The van der Waals surface area contributed by atoms with E-state index in [0.29, 0.717) is 48.0 Å². The van der Waals surface area contributed by atoms with Crippen LogP contribution in [0.5, 0.6) is 0 Å². The number of Topliss-reactive ketones (excluding diaryl/α,β-unsaturated/α-hetero) is 1. The highest BCUT2D eigenvalue weighted by molar-refractivity contribution is 9.10. The summed E-state index contributed by atoms with van der Waals surface area (Å²) in [4.78, 5) is 72.6. The van der Waals surface area contributed by atoms with E-state index in [4.69, 9.17) is 5.10 Å². The van der Waals surface area contributed by atoms with Gasteiger partial charge in [-0.25, -0.2) is 15.0 Å². The Balaban J connectivity index is 1.29. The Hall–Kier alpha value is -4.59. The van der Waals surface area contributed by atoms with Crippen molar-refractivity contribution >= 4 is 56.2 Å². The lowest BCUT2D eigenvalue weighted by molar-refractivity contribution is -0.138. The monoisotopic (exact) mass is 713 g/mol. The van der Waals surface area contributed by atoms with E-state index < -0.39 is 11.5 Å². The van der Waals surface area contributed by atoms with Crippen molar-refractivity contribution < 1.29 is 19.2 Å². The van der Waals surface area contributed by atoms with Crippen LogP contribution >= 0.6 is 15.9 Å². The number of ketones is 1. The minimum Gasteiger partial charge on any atom is -0.355 e. The molecule has 0 unspecified atom stereocenters. The van der Waals surface area contributed by atoms with Crippen molar-refractivity contribution in [1.29, 1.82) is 0 Å². The number of hydrogen-bond acceptors (Lipinski definition) is 9. The van der Waals surface area contributed by atoms with Gasteiger partial charge in [0.15, 0.2) is 11.6 Å². The van der Waals surface area contributed by atoms with Crippen molar-refractivity contribution in [3.05, 3.63) is 58.6 Å². The summed E-state index contributed by atoms with van der Waals surface area (Å²) in [6, 6.07) is 3.00. The number of aryl methyl sites for hydroxylation is 2. The fraction of sp³-hybridized carbons (Fsp3) is 0.441. The lowest BCUT2D eigenvalue weighted by Gasteiger charge is -2.27. The third kappa shape index (κ3) is 6.20. The standard InChI is InChI=1S/C34H36BrN9O4/c1-19(45)31-24-10-22(23-13-37-20(2)38-14-23)9-21-7-5-3-4-6-8-29(46)39-18-34-11-25(33(48)41-28-16-36-15-27(35)40-28)44(26(34)12-34)30(47)17-43(42-31)32(21)24/h9-10,13-16,25-26H,3-8,11-12,17-18H2,1-2H3,(H,39,46)(H,40,41,48)/t25-,26+,34-/m0/s1. The number of anilines is 1. The molecule has 2 N–H and O–H groups in total. The first-order valence-corrected chi connectivity index (χ1v) is 17.1. The van der Waals surface area contributed by atoms with E-state index in [1.54, 1.807) is 22.0 Å². The highest BCUT2D eigenvalue weighted by atomic mass is 79.9. The van der Waals surface area contributed by atoms with Crippen LogP contribution in [-0.2, 0) is 27.3 Å². The molecule has 7 rings (SSSR count). The fourth-order valence-corrected chi connectivity index (χ4v) is 7.59. The molecule has 2 fully saturated rings. The topological polar surface area (TPSA) is 165 Å². The first kappa shape index (κ1) is 32.0. The number of piperidine rings is 1. The van der Waals surface area contributed by atoms with Crippen LogP contribution in [0.3, 0.4) is 0 Å². The second-order valence-corrected chi connectivity index (χ2v) is 13.9. The molecule has 4 aromatic rings. The molecule has 1 aromatic carbocycles. The Morgan fingerprint density at radius 1 is 1.00 bits per heavy atom. The van der Waals surface area contributed by atoms with Crippen LogP contribution in [0.2, 0.25) is 0 Å². The number of nitrogens with one attached hydrogen (secondary N) is 2. The Morgan fingerprint density at radius 2 is 1.77 bits per heavy atom. The van der Waals surface area contributed by atoms with Crippen LogP contribution in [0.1, 0.15) is 73.7 Å². The lowest BCUT2D eigenvalue weighted by atomic mass is 9.96. The molecule has 3 amide bonds. The average molecular weight is 715 g/mol. The maximum Gasteiger partial charge on any atom is 0.248 e. The van der Waals surface area contributed by atoms with Crippen LogP contribution in [0.15, 0.2) is 41.5 Å². The number of benzene rings is 1. The summed E-state index contributed by atoms with van der Waals surface area (Å²) in [6.07, 6.45) is 12.2. The Kier molecular flexibility index (Phi) is 8.52. The summed E-state index contributed by atoms with van der Waals surface area (Å²) in [5, 5.41) is 11.3. The number of amides is 3. The first-order chi connectivity index (χ1) is 23.1. The molecule has 1 aliphatic carbocycles. The van der Waals surface area contributed by atoms with Crippen molar-refractivity contribution in [1.82, 2.24) is 39.9 Å². The van der Waals surface area contributed by atoms with Gasteiger partial charge < -0.3 is 15.5 Å². The number of hydrogen-bond donors (Lipinski definition) is 2. The zero-order valence-corrected chi connectivity index (χ0v) is 28.4. The molecule has 1 saturated heterocycles. The Labute approximate surface area is 285 Å². The summed E-state index contributed by atoms with van der Waals surface area (Å²) in [6.45, 7) is 3.55. The van der Waals surface area contributed by atoms with Crippen molar-refractivity contribution in [2.75, 3.05) is 11.9 Å². The maximum absolute atomic E-state index is 14.3. The highest BCUT2D eigenvalue weighted by Crippen LogP contribution is 2.59. The normalized spacial score (nSPS) is 22.9. The van der Waals surface area contributed by atoms with Gasteiger partial charge in [-0.2, -0.15) is 5.10 Å². The van der Waals surface area contributed by atoms with Gasteiger partial charge in [0.25, 0.3) is 0 Å². The predicted octanol–water partition coefficient (Wildman–Crippen LogP) is 4.18. The highest BCUT2D eigenvalue weighted by Gasteiger charge is 2.67. The first-order valence-electron chi connectivity index (χ1n) is 16.3. The second-order valence-electron chi connectivity index (χ2n) is 13.1. The van der Waals surface area contributed by atoms with Gasteiger partial charge in [0.2, 0.25) is 17.7 Å². The number of aromatic nitrogens is 6. The molecule has 0 spiro atoms. The summed E-state index contributed by atoms with van der Waals surface area (Å²) >= 11 is 3.28. The molecule has 3 aromatic heterocycles. The Bertz CT molecular complexity index is 1940. The number of rotatable bonds is 4. The van der Waals surface area contributed by atoms with Crippen molar-refractivity contribution in [2.24, 2.45) is 5.41 Å². The molecule has 248 valence electrons. The zero-order valence-electron chi connectivity index (χ0n) is 26.8. The molecular formula is C34H36BrN9O4. The van der Waals surface area contributed by atoms with E-state index in [1.165, 1.54) is 19.3 Å². The van der Waals surface area contributed by atoms with E-state index in [1.807, 2.05) is 13.0 Å². The molecular weight excluding hydrogens is 678 g/mol. The van der Waals surface area contributed by atoms with E-state index in [9.17, 15) is 19.2 Å². The minimum absolute atomic E-state index is 0.0128. The van der Waals surface area contributed by atoms with Gasteiger partial charge in [-0.3, -0.25) is 28.8 Å². The molecule has 0 radical (unpaired) electrons. The molecule has 2 bridgehead atoms. The fourth-order valence-electron chi connectivity index (χ4n) is 7.29. The molecule has 13 nitrogen and oxygen atoms in total. The summed E-state index contributed by atoms with van der Waals surface area (Å²) < 4.78 is 2.10. The number of carbonyl (C=O) groups is 4. The van der Waals surface area contributed by atoms with Crippen LogP contribution in [-0.4, -0.2) is 76.7 Å². The SMILES string of the molecule is CC(=O)c1nn2c3c(cc(-c4cnc(C)nc4)cc13)CCCCCCC(=O)NC[C@@]13C[C@@H](C(=O)Nc4cncc(Br)n4)N(C(=O)C2)[C@@H]1C3. The number of nitrogens with zero attached hydrogens (tertiary/aromatic N) is 7. The van der Waals surface area contributed by atoms with Gasteiger partial charge in [0.05, 0.1) is 17.9 Å². The quantitative estimate of drug-likeness (QED) is 0.295. The molecule has 3 atom stereocenters. The van der Waals surface area contributed by atoms with E-state index >= 15 is 0 Å². The van der Waals surface area contributed by atoms with Crippen LogP contribution in [0.4, 0.5) is 5.82 Å². The largest absolute Gasteiger partial charge is 0.355 e. The van der Waals surface area contributed by atoms with Crippen molar-refractivity contribution in [2.45, 2.75) is 83.8 Å². The summed E-state index contributed by atoms with van der Waals surface area (Å²) in [5.74, 6) is 0.0537. The smallest absolute Gasteiger partial charge is 0.248 e. The average Bonchev–Trinajstić information content (AvgIpc) is 3.46. The van der Waals surface area contributed by atoms with E-state index in [2.05, 4.69) is 52.6 Å². The number of carbonyl (C=O) groups excluding carboxylic acids is 4. The molecule has 3 aliphatic rings. The van der Waals surface area contributed by atoms with E-state index in [-0.39, 0.29) is 47.6 Å². The molecule has 1 saturated carbocycles. The van der Waals surface area contributed by atoms with Crippen LogP contribution in [0, 0.1) is 12.3 Å². The van der Waals surface area contributed by atoms with Gasteiger partial charge in [-0.1, -0.05) is 12.8 Å². The van der Waals surface area contributed by atoms with E-state index in [0.717, 1.165) is 47.9 Å². The van der Waals surface area contributed by atoms with Gasteiger partial charge in [0.1, 0.15) is 28.7 Å². The molecule has 2 aliphatic heterocycles. The van der Waals surface area contributed by atoms with Gasteiger partial charge >= 0.3 is 0 Å². The summed E-state index contributed by atoms with van der Waals surface area (Å²) in [7, 11) is 0. The number of halogens is 1. The van der Waals surface area contributed by atoms with Gasteiger partial charge in [0, 0.05) is 54.7 Å². The molecule has 5 heterocycles. The molecule has 14 heteroatoms. The third-order valence-electron chi connectivity index (χ3n) is 9.76. The van der Waals surface area contributed by atoms with Crippen molar-refractivity contribution in [3.63, 3.8) is 0 Å². The van der Waals surface area contributed by atoms with Gasteiger partial charge in [-0.15, -0.1) is 0 Å². The lowest BCUT2D eigenvalue weighted by Crippen LogP contribution is -2.46. The minimum atomic E-state index is -0.783. The van der Waals surface area contributed by atoms with Crippen LogP contribution < -0.4 is 10.6 Å².